The van der Waals surface area contributed by atoms with E-state index in [9.17, 15) is 13.2 Å². The molecule has 2 atom stereocenters. The van der Waals surface area contributed by atoms with Gasteiger partial charge in [-0.1, -0.05) is 18.2 Å². The SMILES string of the molecule is CC1CN(S(=O)(=O)c2cccc(C(=O)CNc3cccc(I)c3)c2)CC(C)O1. The summed E-state index contributed by atoms with van der Waals surface area (Å²) in [4.78, 5) is 12.7. The molecular weight excluding hydrogens is 491 g/mol. The summed E-state index contributed by atoms with van der Waals surface area (Å²) in [6.45, 7) is 4.41. The third kappa shape index (κ3) is 5.11. The van der Waals surface area contributed by atoms with Gasteiger partial charge in [-0.2, -0.15) is 4.31 Å². The normalized spacial score (nSPS) is 20.7. The van der Waals surface area contributed by atoms with E-state index < -0.39 is 10.0 Å². The fraction of sp³-hybridized carbons (Fsp3) is 0.350. The molecule has 6 nitrogen and oxygen atoms in total. The van der Waals surface area contributed by atoms with Gasteiger partial charge >= 0.3 is 0 Å². The summed E-state index contributed by atoms with van der Waals surface area (Å²) >= 11 is 2.21. The van der Waals surface area contributed by atoms with Crippen LogP contribution in [0.1, 0.15) is 24.2 Å². The van der Waals surface area contributed by atoms with E-state index in [1.807, 2.05) is 38.1 Å². The second-order valence-electron chi connectivity index (χ2n) is 6.89. The molecule has 8 heteroatoms. The first-order chi connectivity index (χ1) is 13.3. The van der Waals surface area contributed by atoms with Gasteiger partial charge in [0.1, 0.15) is 0 Å². The van der Waals surface area contributed by atoms with Crippen molar-refractivity contribution in [3.63, 3.8) is 0 Å². The molecule has 1 N–H and O–H groups in total. The molecule has 2 unspecified atom stereocenters. The number of hydrogen-bond donors (Lipinski definition) is 1. The van der Waals surface area contributed by atoms with Gasteiger partial charge in [0.25, 0.3) is 0 Å². The molecule has 1 fully saturated rings. The van der Waals surface area contributed by atoms with E-state index in [1.165, 1.54) is 16.4 Å². The Morgan fingerprint density at radius 3 is 2.50 bits per heavy atom. The zero-order valence-electron chi connectivity index (χ0n) is 15.8. The van der Waals surface area contributed by atoms with Gasteiger partial charge in [0.2, 0.25) is 10.0 Å². The lowest BCUT2D eigenvalue weighted by molar-refractivity contribution is -0.0440. The van der Waals surface area contributed by atoms with E-state index in [2.05, 4.69) is 27.9 Å². The van der Waals surface area contributed by atoms with E-state index in [-0.39, 0.29) is 29.4 Å². The van der Waals surface area contributed by atoms with Gasteiger partial charge < -0.3 is 10.1 Å². The first-order valence-corrected chi connectivity index (χ1v) is 11.6. The number of sulfonamides is 1. The van der Waals surface area contributed by atoms with Crippen LogP contribution in [0.5, 0.6) is 0 Å². The summed E-state index contributed by atoms with van der Waals surface area (Å²) in [5.41, 5.74) is 1.22. The summed E-state index contributed by atoms with van der Waals surface area (Å²) in [6, 6.07) is 13.9. The number of ether oxygens (including phenoxy) is 1. The lowest BCUT2D eigenvalue weighted by Crippen LogP contribution is -2.48. The van der Waals surface area contributed by atoms with Crippen LogP contribution in [0.3, 0.4) is 0 Å². The topological polar surface area (TPSA) is 75.7 Å². The van der Waals surface area contributed by atoms with E-state index in [4.69, 9.17) is 4.74 Å². The zero-order chi connectivity index (χ0) is 20.3. The Labute approximate surface area is 179 Å². The smallest absolute Gasteiger partial charge is 0.243 e. The summed E-state index contributed by atoms with van der Waals surface area (Å²) < 4.78 is 34.1. The number of Topliss-reactive ketones (excluding diaryl/α,β-unsaturated/α-hetero) is 1. The second kappa shape index (κ2) is 8.89. The number of carbonyl (C=O) groups excluding carboxylic acids is 1. The number of ketones is 1. The third-order valence-electron chi connectivity index (χ3n) is 4.46. The number of hydrogen-bond acceptors (Lipinski definition) is 5. The van der Waals surface area contributed by atoms with Crippen molar-refractivity contribution in [1.29, 1.82) is 0 Å². The second-order valence-corrected chi connectivity index (χ2v) is 10.1. The average molecular weight is 514 g/mol. The van der Waals surface area contributed by atoms with Crippen molar-refractivity contribution in [2.24, 2.45) is 0 Å². The summed E-state index contributed by atoms with van der Waals surface area (Å²) in [6.07, 6.45) is -0.331. The largest absolute Gasteiger partial charge is 0.378 e. The van der Waals surface area contributed by atoms with Crippen molar-refractivity contribution >= 4 is 44.1 Å². The molecule has 150 valence electrons. The molecule has 0 radical (unpaired) electrons. The Kier molecular flexibility index (Phi) is 6.74. The highest BCUT2D eigenvalue weighted by Gasteiger charge is 2.32. The van der Waals surface area contributed by atoms with Gasteiger partial charge in [-0.25, -0.2) is 8.42 Å². The zero-order valence-corrected chi connectivity index (χ0v) is 18.7. The Balaban J connectivity index is 1.74. The number of nitrogens with one attached hydrogen (secondary N) is 1. The molecule has 0 amide bonds. The molecule has 0 aliphatic carbocycles. The van der Waals surface area contributed by atoms with Gasteiger partial charge in [-0.05, 0) is 66.8 Å². The average Bonchev–Trinajstić information content (AvgIpc) is 2.65. The molecule has 0 bridgehead atoms. The van der Waals surface area contributed by atoms with Crippen LogP contribution in [0.25, 0.3) is 0 Å². The standard InChI is InChI=1S/C20H23IN2O4S/c1-14-12-23(13-15(2)27-14)28(25,26)19-8-3-5-16(9-19)20(24)11-22-18-7-4-6-17(21)10-18/h3-10,14-15,22H,11-13H2,1-2H3. The third-order valence-corrected chi connectivity index (χ3v) is 6.96. The van der Waals surface area contributed by atoms with Gasteiger partial charge in [0.15, 0.2) is 5.78 Å². The van der Waals surface area contributed by atoms with E-state index in [0.717, 1.165) is 9.26 Å². The molecule has 3 rings (SSSR count). The van der Waals surface area contributed by atoms with Crippen LogP contribution in [0.15, 0.2) is 53.4 Å². The van der Waals surface area contributed by atoms with Crippen LogP contribution >= 0.6 is 22.6 Å². The maximum Gasteiger partial charge on any atom is 0.243 e. The molecule has 1 heterocycles. The highest BCUT2D eigenvalue weighted by molar-refractivity contribution is 14.1. The highest BCUT2D eigenvalue weighted by Crippen LogP contribution is 2.22. The summed E-state index contributed by atoms with van der Waals surface area (Å²) in [7, 11) is -3.68. The fourth-order valence-corrected chi connectivity index (χ4v) is 5.37. The van der Waals surface area contributed by atoms with Crippen LogP contribution in [0.4, 0.5) is 5.69 Å². The Morgan fingerprint density at radius 2 is 1.82 bits per heavy atom. The number of nitrogens with zero attached hydrogens (tertiary/aromatic N) is 1. The van der Waals surface area contributed by atoms with E-state index >= 15 is 0 Å². The minimum absolute atomic E-state index is 0.0925. The van der Waals surface area contributed by atoms with E-state index in [1.54, 1.807) is 12.1 Å². The number of carbonyl (C=O) groups is 1. The van der Waals surface area contributed by atoms with Gasteiger partial charge in [0, 0.05) is 27.9 Å². The maximum atomic E-state index is 13.0. The predicted octanol–water partition coefficient (Wildman–Crippen LogP) is 3.38. The highest BCUT2D eigenvalue weighted by atomic mass is 127. The van der Waals surface area contributed by atoms with Gasteiger partial charge in [0.05, 0.1) is 23.6 Å². The van der Waals surface area contributed by atoms with Crippen molar-refractivity contribution in [3.8, 4) is 0 Å². The van der Waals surface area contributed by atoms with Gasteiger partial charge in [-0.15, -0.1) is 0 Å². The van der Waals surface area contributed by atoms with Crippen LogP contribution < -0.4 is 5.32 Å². The number of morpholine rings is 1. The quantitative estimate of drug-likeness (QED) is 0.473. The number of anilines is 1. The van der Waals surface area contributed by atoms with Gasteiger partial charge in [-0.3, -0.25) is 4.79 Å². The minimum Gasteiger partial charge on any atom is -0.378 e. The lowest BCUT2D eigenvalue weighted by Gasteiger charge is -2.34. The van der Waals surface area contributed by atoms with E-state index in [0.29, 0.717) is 18.7 Å². The van der Waals surface area contributed by atoms with Crippen molar-refractivity contribution < 1.29 is 17.9 Å². The van der Waals surface area contributed by atoms with Crippen molar-refractivity contribution in [3.05, 3.63) is 57.7 Å². The Bertz CT molecular complexity index is 954. The molecule has 0 saturated carbocycles. The molecule has 1 saturated heterocycles. The number of rotatable bonds is 6. The first kappa shape index (κ1) is 21.2. The first-order valence-electron chi connectivity index (χ1n) is 9.04. The number of halogens is 1. The molecule has 2 aromatic carbocycles. The lowest BCUT2D eigenvalue weighted by atomic mass is 10.1. The van der Waals surface area contributed by atoms with Crippen molar-refractivity contribution in [1.82, 2.24) is 4.31 Å². The predicted molar refractivity (Wildman–Crippen MR) is 117 cm³/mol. The number of benzene rings is 2. The van der Waals surface area contributed by atoms with Crippen molar-refractivity contribution in [2.75, 3.05) is 25.0 Å². The van der Waals surface area contributed by atoms with Crippen LogP contribution in [0, 0.1) is 3.57 Å². The summed E-state index contributed by atoms with van der Waals surface area (Å²) in [5, 5.41) is 3.09. The molecular formula is C20H23IN2O4S. The summed E-state index contributed by atoms with van der Waals surface area (Å²) in [5.74, 6) is -0.167. The van der Waals surface area contributed by atoms with Crippen LogP contribution in [0.2, 0.25) is 0 Å². The monoisotopic (exact) mass is 514 g/mol. The molecule has 2 aromatic rings. The fourth-order valence-electron chi connectivity index (χ4n) is 3.19. The Morgan fingerprint density at radius 1 is 1.14 bits per heavy atom. The Hall–Kier alpha value is -1.49. The molecule has 1 aliphatic rings. The molecule has 28 heavy (non-hydrogen) atoms. The molecule has 0 spiro atoms. The van der Waals surface area contributed by atoms with Crippen molar-refractivity contribution in [2.45, 2.75) is 31.0 Å². The molecule has 1 aliphatic heterocycles. The van der Waals surface area contributed by atoms with Crippen LogP contribution in [-0.4, -0.2) is 50.3 Å². The van der Waals surface area contributed by atoms with Crippen LogP contribution in [-0.2, 0) is 14.8 Å². The molecule has 0 aromatic heterocycles. The minimum atomic E-state index is -3.68. The maximum absolute atomic E-state index is 13.0.